The molecule has 116 valence electrons. The van der Waals surface area contributed by atoms with E-state index in [1.54, 1.807) is 0 Å². The quantitative estimate of drug-likeness (QED) is 0.460. The molecular formula is C7H16O11S. The van der Waals surface area contributed by atoms with E-state index in [-0.39, 0.29) is 27.4 Å². The van der Waals surface area contributed by atoms with Gasteiger partial charge in [0.1, 0.15) is 11.3 Å². The minimum absolute atomic E-state index is 0. The van der Waals surface area contributed by atoms with Gasteiger partial charge in [-0.3, -0.25) is 4.55 Å². The molecule has 0 aromatic heterocycles. The first kappa shape index (κ1) is 30.3. The van der Waals surface area contributed by atoms with Crippen molar-refractivity contribution in [1.29, 1.82) is 0 Å². The zero-order valence-corrected chi connectivity index (χ0v) is 10.0. The average molecular weight is 308 g/mol. The lowest BCUT2D eigenvalue weighted by atomic mass is 10.2. The highest BCUT2D eigenvalue weighted by Crippen LogP contribution is 2.20. The smallest absolute Gasteiger partial charge is 0.339 e. The van der Waals surface area contributed by atoms with Gasteiger partial charge < -0.3 is 37.6 Å². The molecule has 0 amide bonds. The Morgan fingerprint density at radius 2 is 1.42 bits per heavy atom. The first-order chi connectivity index (χ1) is 6.32. The molecule has 0 aliphatic heterocycles. The van der Waals surface area contributed by atoms with Crippen LogP contribution in [0.2, 0.25) is 0 Å². The lowest BCUT2D eigenvalue weighted by molar-refractivity contribution is 0.0693. The summed E-state index contributed by atoms with van der Waals surface area (Å²) in [6, 6.07) is 2.46. The molecular weight excluding hydrogens is 292 g/mol. The number of hydrogen-bond acceptors (Lipinski definition) is 4. The van der Waals surface area contributed by atoms with E-state index in [1.165, 1.54) is 0 Å². The Balaban J connectivity index is -0.000000131. The van der Waals surface area contributed by atoms with E-state index < -0.39 is 32.3 Å². The van der Waals surface area contributed by atoms with Crippen LogP contribution in [0.25, 0.3) is 0 Å². The lowest BCUT2D eigenvalue weighted by Crippen LogP contribution is -2.02. The molecule has 1 aromatic carbocycles. The largest absolute Gasteiger partial charge is 0.507 e. The van der Waals surface area contributed by atoms with Crippen LogP contribution in [0.4, 0.5) is 0 Å². The van der Waals surface area contributed by atoms with Gasteiger partial charge in [0.15, 0.2) is 0 Å². The molecule has 1 aromatic rings. The summed E-state index contributed by atoms with van der Waals surface area (Å²) < 4.78 is 29.8. The molecule has 1 rings (SSSR count). The maximum atomic E-state index is 10.6. The van der Waals surface area contributed by atoms with E-state index in [4.69, 9.17) is 14.8 Å². The van der Waals surface area contributed by atoms with Crippen LogP contribution in [0.5, 0.6) is 5.75 Å². The van der Waals surface area contributed by atoms with Gasteiger partial charge in [0.05, 0.1) is 4.90 Å². The molecule has 11 nitrogen and oxygen atoms in total. The van der Waals surface area contributed by atoms with Crippen LogP contribution < -0.4 is 0 Å². The molecule has 0 radical (unpaired) electrons. The highest BCUT2D eigenvalue weighted by Gasteiger charge is 2.16. The molecule has 0 saturated carbocycles. The fourth-order valence-corrected chi connectivity index (χ4v) is 1.35. The monoisotopic (exact) mass is 308 g/mol. The second-order valence-electron chi connectivity index (χ2n) is 2.46. The number of carboxylic acids is 1. The summed E-state index contributed by atoms with van der Waals surface area (Å²) in [6.07, 6.45) is 0. The summed E-state index contributed by atoms with van der Waals surface area (Å²) in [5.41, 5.74) is -0.583. The molecule has 13 N–H and O–H groups in total. The van der Waals surface area contributed by atoms with Gasteiger partial charge in [-0.1, -0.05) is 0 Å². The fraction of sp³-hybridized carbons (Fsp3) is 0. The number of phenols is 1. The van der Waals surface area contributed by atoms with E-state index >= 15 is 0 Å². The molecule has 12 heteroatoms. The van der Waals surface area contributed by atoms with Gasteiger partial charge in [-0.05, 0) is 18.2 Å². The lowest BCUT2D eigenvalue weighted by Gasteiger charge is -2.01. The van der Waals surface area contributed by atoms with Crippen LogP contribution in [0.3, 0.4) is 0 Å². The average Bonchev–Trinajstić information content (AvgIpc) is 2.02. The SMILES string of the molecule is O.O.O.O.O.O=C(O)c1cc(S(=O)(=O)O)ccc1O. The van der Waals surface area contributed by atoms with Gasteiger partial charge in [-0.2, -0.15) is 8.42 Å². The van der Waals surface area contributed by atoms with E-state index in [1.807, 2.05) is 0 Å². The third-order valence-electron chi connectivity index (χ3n) is 1.50. The van der Waals surface area contributed by atoms with E-state index in [9.17, 15) is 13.2 Å². The van der Waals surface area contributed by atoms with Crippen molar-refractivity contribution < 1.29 is 55.4 Å². The summed E-state index contributed by atoms with van der Waals surface area (Å²) in [5, 5.41) is 17.5. The van der Waals surface area contributed by atoms with E-state index in [0.717, 1.165) is 12.1 Å². The Labute approximate surface area is 107 Å². The summed E-state index contributed by atoms with van der Waals surface area (Å²) in [6.45, 7) is 0. The van der Waals surface area contributed by atoms with Crippen LogP contribution in [0, 0.1) is 0 Å². The van der Waals surface area contributed by atoms with Crippen molar-refractivity contribution in [3.05, 3.63) is 23.8 Å². The van der Waals surface area contributed by atoms with Gasteiger partial charge in [-0.15, -0.1) is 0 Å². The van der Waals surface area contributed by atoms with E-state index in [0.29, 0.717) is 6.07 Å². The second kappa shape index (κ2) is 10.2. The number of aromatic carboxylic acids is 1. The summed E-state index contributed by atoms with van der Waals surface area (Å²) in [4.78, 5) is 9.89. The van der Waals surface area contributed by atoms with Crippen LogP contribution in [-0.2, 0) is 10.1 Å². The molecule has 0 atom stereocenters. The molecule has 0 unspecified atom stereocenters. The third kappa shape index (κ3) is 7.27. The Morgan fingerprint density at radius 3 is 1.74 bits per heavy atom. The van der Waals surface area contributed by atoms with Crippen molar-refractivity contribution in [2.45, 2.75) is 4.90 Å². The zero-order valence-electron chi connectivity index (χ0n) is 9.21. The number of hydrogen-bond donors (Lipinski definition) is 3. The van der Waals surface area contributed by atoms with Crippen molar-refractivity contribution in [2.24, 2.45) is 0 Å². The van der Waals surface area contributed by atoms with Crippen molar-refractivity contribution in [3.63, 3.8) is 0 Å². The molecule has 0 heterocycles. The fourth-order valence-electron chi connectivity index (χ4n) is 0.847. The number of carbonyl (C=O) groups is 1. The number of benzene rings is 1. The van der Waals surface area contributed by atoms with Crippen molar-refractivity contribution in [3.8, 4) is 5.75 Å². The third-order valence-corrected chi connectivity index (χ3v) is 2.35. The van der Waals surface area contributed by atoms with Gasteiger partial charge in [0.2, 0.25) is 0 Å². The molecule has 0 spiro atoms. The van der Waals surface area contributed by atoms with Gasteiger partial charge in [-0.25, -0.2) is 4.79 Å². The van der Waals surface area contributed by atoms with Crippen molar-refractivity contribution in [2.75, 3.05) is 0 Å². The Morgan fingerprint density at radius 1 is 1.00 bits per heavy atom. The summed E-state index contributed by atoms with van der Waals surface area (Å²) >= 11 is 0. The first-order valence-electron chi connectivity index (χ1n) is 3.36. The van der Waals surface area contributed by atoms with Crippen LogP contribution in [0.15, 0.2) is 23.1 Å². The minimum Gasteiger partial charge on any atom is -0.507 e. The Bertz CT molecular complexity index is 480. The van der Waals surface area contributed by atoms with Crippen LogP contribution in [0.1, 0.15) is 10.4 Å². The number of carboxylic acid groups (broad SMARTS) is 1. The Hall–Kier alpha value is -1.80. The normalized spacial score (nSPS) is 8.26. The topological polar surface area (TPSA) is 269 Å². The molecule has 0 aliphatic rings. The van der Waals surface area contributed by atoms with Crippen LogP contribution >= 0.6 is 0 Å². The molecule has 0 saturated heterocycles. The first-order valence-corrected chi connectivity index (χ1v) is 4.80. The van der Waals surface area contributed by atoms with Crippen LogP contribution in [-0.4, -0.2) is 56.5 Å². The summed E-state index contributed by atoms with van der Waals surface area (Å²) in [7, 11) is -4.45. The number of rotatable bonds is 2. The van der Waals surface area contributed by atoms with Gasteiger partial charge >= 0.3 is 5.97 Å². The minimum atomic E-state index is -4.45. The highest BCUT2D eigenvalue weighted by atomic mass is 32.2. The van der Waals surface area contributed by atoms with E-state index in [2.05, 4.69) is 0 Å². The summed E-state index contributed by atoms with van der Waals surface area (Å²) in [5.74, 6) is -2.04. The zero-order chi connectivity index (χ0) is 10.9. The standard InChI is InChI=1S/C7H6O6S.5H2O/c8-6-2-1-4(14(11,12)13)3-5(6)7(9)10;;;;;/h1-3,8H,(H,9,10)(H,11,12,13);5*1H2. The second-order valence-corrected chi connectivity index (χ2v) is 3.88. The van der Waals surface area contributed by atoms with Crippen molar-refractivity contribution in [1.82, 2.24) is 0 Å². The predicted molar refractivity (Wildman–Crippen MR) is 62.9 cm³/mol. The molecule has 0 bridgehead atoms. The van der Waals surface area contributed by atoms with Gasteiger partial charge in [0.25, 0.3) is 10.1 Å². The molecule has 0 fully saturated rings. The Kier molecular flexibility index (Phi) is 16.2. The van der Waals surface area contributed by atoms with Crippen molar-refractivity contribution >= 4 is 16.1 Å². The highest BCUT2D eigenvalue weighted by molar-refractivity contribution is 7.85. The van der Waals surface area contributed by atoms with Gasteiger partial charge in [0, 0.05) is 0 Å². The molecule has 19 heavy (non-hydrogen) atoms. The maximum Gasteiger partial charge on any atom is 0.339 e. The predicted octanol–water partition coefficient (Wildman–Crippen LogP) is -3.79. The molecule has 0 aliphatic carbocycles. The number of aromatic hydroxyl groups is 1. The maximum absolute atomic E-state index is 10.6.